The number of carboxylic acid groups (broad SMARTS) is 1. The Morgan fingerprint density at radius 1 is 1.00 bits per heavy atom. The fraction of sp³-hybridized carbons (Fsp3) is 0.300. The molecule has 0 radical (unpaired) electrons. The molecule has 0 aliphatic rings. The first-order chi connectivity index (χ1) is 15.3. The van der Waals surface area contributed by atoms with Crippen LogP contribution in [0.3, 0.4) is 0 Å². The van der Waals surface area contributed by atoms with E-state index in [-0.39, 0.29) is 18.2 Å². The highest BCUT2D eigenvalue weighted by Gasteiger charge is 2.32. The van der Waals surface area contributed by atoms with E-state index in [9.17, 15) is 42.6 Å². The van der Waals surface area contributed by atoms with Gasteiger partial charge in [0.2, 0.25) is 5.88 Å². The molecule has 5 N–H and O–H groups in total. The summed E-state index contributed by atoms with van der Waals surface area (Å²) in [6.45, 7) is 2.63. The molecule has 0 atom stereocenters. The number of nitrogens with one attached hydrogen (secondary N) is 2. The molecule has 33 heavy (non-hydrogen) atoms. The number of carbonyl (C=O) groups is 3. The van der Waals surface area contributed by atoms with Crippen LogP contribution < -0.4 is 16.2 Å². The van der Waals surface area contributed by atoms with E-state index in [1.807, 2.05) is 5.32 Å². The summed E-state index contributed by atoms with van der Waals surface area (Å²) in [4.78, 5) is 48.6. The Morgan fingerprint density at radius 3 is 2.03 bits per heavy atom. The van der Waals surface area contributed by atoms with Gasteiger partial charge in [-0.2, -0.15) is 13.2 Å². The average molecular weight is 471 g/mol. The van der Waals surface area contributed by atoms with Crippen LogP contribution in [0.25, 0.3) is 5.69 Å². The maximum Gasteiger partial charge on any atom is 0.416 e. The molecular formula is C20H20F3N3O7. The van der Waals surface area contributed by atoms with Crippen LogP contribution in [-0.4, -0.2) is 50.8 Å². The number of aromatic hydroxyl groups is 2. The summed E-state index contributed by atoms with van der Waals surface area (Å²) in [6.07, 6.45) is -4.69. The minimum Gasteiger partial charge on any atom is -0.506 e. The minimum atomic E-state index is -4.69. The number of benzene rings is 1. The summed E-state index contributed by atoms with van der Waals surface area (Å²) < 4.78 is 39.0. The van der Waals surface area contributed by atoms with Crippen molar-refractivity contribution < 1.29 is 42.9 Å². The van der Waals surface area contributed by atoms with Crippen LogP contribution in [0.1, 0.15) is 40.1 Å². The van der Waals surface area contributed by atoms with Crippen LogP contribution >= 0.6 is 0 Å². The third-order valence-electron chi connectivity index (χ3n) is 4.30. The van der Waals surface area contributed by atoms with E-state index in [1.165, 1.54) is 0 Å². The molecule has 0 bridgehead atoms. The SMILES string of the molecule is CC(C)CNC(=O)c1c(O)c(C(=O)NCC(=O)O)c(=O)n(-c2ccc(C(F)(F)F)cc2)c1O. The summed E-state index contributed by atoms with van der Waals surface area (Å²) in [5.41, 5.74) is -4.78. The fourth-order valence-electron chi connectivity index (χ4n) is 2.73. The molecule has 0 saturated carbocycles. The highest BCUT2D eigenvalue weighted by atomic mass is 19.4. The first-order valence-electron chi connectivity index (χ1n) is 9.42. The third kappa shape index (κ3) is 5.61. The molecule has 0 saturated heterocycles. The molecule has 0 fully saturated rings. The molecule has 0 aliphatic carbocycles. The quantitative estimate of drug-likeness (QED) is 0.409. The Bertz CT molecular complexity index is 1140. The molecule has 2 rings (SSSR count). The molecule has 2 amide bonds. The number of hydrogen-bond donors (Lipinski definition) is 5. The molecule has 10 nitrogen and oxygen atoms in total. The first kappa shape index (κ1) is 25.2. The highest BCUT2D eigenvalue weighted by molar-refractivity contribution is 6.05. The second-order valence-electron chi connectivity index (χ2n) is 7.29. The summed E-state index contributed by atoms with van der Waals surface area (Å²) >= 11 is 0. The number of aliphatic carboxylic acids is 1. The zero-order valence-corrected chi connectivity index (χ0v) is 17.4. The number of rotatable bonds is 7. The van der Waals surface area contributed by atoms with Crippen molar-refractivity contribution in [3.8, 4) is 17.3 Å². The zero-order chi connectivity index (χ0) is 25.1. The van der Waals surface area contributed by atoms with Gasteiger partial charge in [-0.3, -0.25) is 19.2 Å². The van der Waals surface area contributed by atoms with Gasteiger partial charge in [-0.1, -0.05) is 13.8 Å². The number of nitrogens with zero attached hydrogens (tertiary/aromatic N) is 1. The molecule has 0 unspecified atom stereocenters. The monoisotopic (exact) mass is 471 g/mol. The fourth-order valence-corrected chi connectivity index (χ4v) is 2.73. The number of halogens is 3. The van der Waals surface area contributed by atoms with Crippen LogP contribution in [0, 0.1) is 5.92 Å². The van der Waals surface area contributed by atoms with Crippen molar-refractivity contribution in [3.63, 3.8) is 0 Å². The van der Waals surface area contributed by atoms with E-state index in [0.29, 0.717) is 16.7 Å². The van der Waals surface area contributed by atoms with Crippen molar-refractivity contribution in [2.24, 2.45) is 5.92 Å². The lowest BCUT2D eigenvalue weighted by atomic mass is 10.1. The predicted molar refractivity (Wildman–Crippen MR) is 108 cm³/mol. The van der Waals surface area contributed by atoms with Crippen LogP contribution in [0.4, 0.5) is 13.2 Å². The zero-order valence-electron chi connectivity index (χ0n) is 17.4. The van der Waals surface area contributed by atoms with E-state index >= 15 is 0 Å². The largest absolute Gasteiger partial charge is 0.506 e. The lowest BCUT2D eigenvalue weighted by Crippen LogP contribution is -2.37. The third-order valence-corrected chi connectivity index (χ3v) is 4.30. The molecule has 0 aliphatic heterocycles. The second-order valence-corrected chi connectivity index (χ2v) is 7.29. The summed E-state index contributed by atoms with van der Waals surface area (Å²) in [7, 11) is 0. The van der Waals surface area contributed by atoms with Crippen molar-refractivity contribution in [1.82, 2.24) is 15.2 Å². The van der Waals surface area contributed by atoms with Crippen LogP contribution in [0.15, 0.2) is 29.1 Å². The van der Waals surface area contributed by atoms with Crippen LogP contribution in [0.2, 0.25) is 0 Å². The standard InChI is InChI=1S/C20H20F3N3O7/c1-9(2)7-24-16(30)13-15(29)14(17(31)25-8-12(27)28)19(33)26(18(13)32)11-5-3-10(4-6-11)20(21,22)23/h3-6,9,29,32H,7-8H2,1-2H3,(H,24,30)(H,25,31)(H,27,28). The molecule has 0 spiro atoms. The van der Waals surface area contributed by atoms with Crippen molar-refractivity contribution in [3.05, 3.63) is 51.3 Å². The number of amides is 2. The van der Waals surface area contributed by atoms with Gasteiger partial charge >= 0.3 is 12.1 Å². The normalized spacial score (nSPS) is 11.3. The molecule has 1 heterocycles. The highest BCUT2D eigenvalue weighted by Crippen LogP contribution is 2.32. The van der Waals surface area contributed by atoms with Gasteiger partial charge in [-0.15, -0.1) is 0 Å². The number of hydrogen-bond acceptors (Lipinski definition) is 6. The second kappa shape index (κ2) is 9.63. The van der Waals surface area contributed by atoms with Crippen molar-refractivity contribution in [1.29, 1.82) is 0 Å². The van der Waals surface area contributed by atoms with E-state index in [0.717, 1.165) is 12.1 Å². The average Bonchev–Trinajstić information content (AvgIpc) is 2.70. The van der Waals surface area contributed by atoms with Gasteiger partial charge in [0.1, 0.15) is 17.7 Å². The van der Waals surface area contributed by atoms with Gasteiger partial charge in [0.15, 0.2) is 5.75 Å². The Morgan fingerprint density at radius 2 is 1.55 bits per heavy atom. The van der Waals surface area contributed by atoms with Crippen LogP contribution in [0.5, 0.6) is 11.6 Å². The summed E-state index contributed by atoms with van der Waals surface area (Å²) in [5, 5.41) is 34.0. The van der Waals surface area contributed by atoms with Crippen LogP contribution in [-0.2, 0) is 11.0 Å². The first-order valence-corrected chi connectivity index (χ1v) is 9.42. The Kier molecular flexibility index (Phi) is 7.36. The topological polar surface area (TPSA) is 158 Å². The van der Waals surface area contributed by atoms with E-state index < -0.39 is 64.4 Å². The van der Waals surface area contributed by atoms with E-state index in [4.69, 9.17) is 5.11 Å². The predicted octanol–water partition coefficient (Wildman–Crippen LogP) is 1.47. The van der Waals surface area contributed by atoms with Gasteiger partial charge in [0.25, 0.3) is 17.4 Å². The number of pyridine rings is 1. The summed E-state index contributed by atoms with van der Waals surface area (Å²) in [5.74, 6) is -6.33. The molecule has 13 heteroatoms. The van der Waals surface area contributed by atoms with Gasteiger partial charge in [0.05, 0.1) is 11.3 Å². The summed E-state index contributed by atoms with van der Waals surface area (Å²) in [6, 6.07) is 2.85. The molecule has 2 aromatic rings. The number of carboxylic acids is 1. The Hall–Kier alpha value is -4.03. The lowest BCUT2D eigenvalue weighted by Gasteiger charge is -2.17. The maximum atomic E-state index is 12.9. The lowest BCUT2D eigenvalue weighted by molar-refractivity contribution is -0.138. The molecule has 178 valence electrons. The van der Waals surface area contributed by atoms with Gasteiger partial charge in [-0.05, 0) is 30.2 Å². The minimum absolute atomic E-state index is 0.0580. The van der Waals surface area contributed by atoms with Gasteiger partial charge in [0, 0.05) is 6.54 Å². The van der Waals surface area contributed by atoms with Crippen molar-refractivity contribution in [2.45, 2.75) is 20.0 Å². The molecular weight excluding hydrogens is 451 g/mol. The Labute approximate surface area is 184 Å². The smallest absolute Gasteiger partial charge is 0.416 e. The van der Waals surface area contributed by atoms with E-state index in [1.54, 1.807) is 13.8 Å². The number of carbonyl (C=O) groups excluding carboxylic acids is 2. The number of alkyl halides is 3. The van der Waals surface area contributed by atoms with Gasteiger partial charge in [-0.25, -0.2) is 4.57 Å². The molecule has 1 aromatic heterocycles. The molecule has 1 aromatic carbocycles. The number of aromatic nitrogens is 1. The van der Waals surface area contributed by atoms with Gasteiger partial charge < -0.3 is 26.0 Å². The van der Waals surface area contributed by atoms with Crippen molar-refractivity contribution in [2.75, 3.05) is 13.1 Å². The van der Waals surface area contributed by atoms with E-state index in [2.05, 4.69) is 5.32 Å². The Balaban J connectivity index is 2.75. The van der Waals surface area contributed by atoms with Crippen molar-refractivity contribution >= 4 is 17.8 Å². The maximum absolute atomic E-state index is 12.9.